The summed E-state index contributed by atoms with van der Waals surface area (Å²) in [5.74, 6) is -0.134. The van der Waals surface area contributed by atoms with Gasteiger partial charge < -0.3 is 14.5 Å². The zero-order valence-electron chi connectivity index (χ0n) is 18.9. The van der Waals surface area contributed by atoms with Crippen LogP contribution in [0.4, 0.5) is 5.69 Å². The number of benzene rings is 2. The molecule has 0 radical (unpaired) electrons. The van der Waals surface area contributed by atoms with Gasteiger partial charge in [0.2, 0.25) is 0 Å². The van der Waals surface area contributed by atoms with E-state index >= 15 is 0 Å². The Kier molecular flexibility index (Phi) is 6.26. The van der Waals surface area contributed by atoms with E-state index in [1.807, 2.05) is 43.1 Å². The topological polar surface area (TPSA) is 53.1 Å². The molecule has 0 saturated carbocycles. The number of hydrogen-bond acceptors (Lipinski definition) is 5. The first kappa shape index (κ1) is 22.4. The summed E-state index contributed by atoms with van der Waals surface area (Å²) in [5, 5.41) is 0.474. The number of rotatable bonds is 5. The number of ether oxygens (including phenoxy) is 1. The zero-order chi connectivity index (χ0) is 23.0. The molecule has 1 saturated heterocycles. The van der Waals surface area contributed by atoms with E-state index < -0.39 is 0 Å². The molecule has 0 aromatic heterocycles. The number of nitrogens with zero attached hydrogens (tertiary/aromatic N) is 3. The molecule has 1 fully saturated rings. The molecule has 2 aromatic carbocycles. The molecule has 0 atom stereocenters. The maximum absolute atomic E-state index is 13.8. The predicted octanol–water partition coefficient (Wildman–Crippen LogP) is 3.97. The molecule has 2 aromatic rings. The summed E-state index contributed by atoms with van der Waals surface area (Å²) in [6.07, 6.45) is 1.85. The van der Waals surface area contributed by atoms with Gasteiger partial charge in [0, 0.05) is 23.7 Å². The molecule has 4 rings (SSSR count). The highest BCUT2D eigenvalue weighted by atomic mass is 35.5. The van der Waals surface area contributed by atoms with Gasteiger partial charge in [-0.15, -0.1) is 0 Å². The highest BCUT2D eigenvalue weighted by molar-refractivity contribution is 6.46. The number of likely N-dealkylation sites (N-methyl/N-ethyl adjacent to an activating group) is 1. The van der Waals surface area contributed by atoms with Crippen LogP contribution in [0.3, 0.4) is 0 Å². The number of aryl methyl sites for hydroxylation is 1. The number of anilines is 1. The number of carbonyl (C=O) groups is 2. The standard InChI is InChI=1S/C25H28ClN3O3/c1-16-9-10-17(26)15-20(16)29-24(30)22(19-7-5-6-8-21(19)32-4)23(25(29)31)28(3)18-11-13-27(2)14-12-18/h5-10,15,18H,11-14H2,1-4H3. The van der Waals surface area contributed by atoms with E-state index in [9.17, 15) is 9.59 Å². The number of likely N-dealkylation sites (tertiary alicyclic amines) is 1. The molecule has 2 aliphatic rings. The lowest BCUT2D eigenvalue weighted by molar-refractivity contribution is -0.120. The summed E-state index contributed by atoms with van der Waals surface area (Å²) in [7, 11) is 5.59. The normalized spacial score (nSPS) is 18.0. The molecule has 6 nitrogen and oxygen atoms in total. The van der Waals surface area contributed by atoms with Gasteiger partial charge in [0.15, 0.2) is 0 Å². The Morgan fingerprint density at radius 2 is 1.75 bits per heavy atom. The fourth-order valence-corrected chi connectivity index (χ4v) is 4.71. The monoisotopic (exact) mass is 453 g/mol. The third-order valence-corrected chi connectivity index (χ3v) is 6.67. The minimum absolute atomic E-state index is 0.170. The van der Waals surface area contributed by atoms with E-state index in [4.69, 9.17) is 16.3 Å². The van der Waals surface area contributed by atoms with Crippen LogP contribution < -0.4 is 9.64 Å². The Morgan fingerprint density at radius 1 is 1.06 bits per heavy atom. The van der Waals surface area contributed by atoms with Gasteiger partial charge in [0.1, 0.15) is 11.4 Å². The van der Waals surface area contributed by atoms with Crippen LogP contribution >= 0.6 is 11.6 Å². The van der Waals surface area contributed by atoms with Crippen LogP contribution in [0, 0.1) is 6.92 Å². The molecule has 2 aliphatic heterocycles. The highest BCUT2D eigenvalue weighted by Crippen LogP contribution is 2.40. The van der Waals surface area contributed by atoms with Gasteiger partial charge >= 0.3 is 0 Å². The van der Waals surface area contributed by atoms with Crippen LogP contribution in [0.1, 0.15) is 24.0 Å². The Morgan fingerprint density at radius 3 is 2.44 bits per heavy atom. The van der Waals surface area contributed by atoms with E-state index in [2.05, 4.69) is 11.9 Å². The van der Waals surface area contributed by atoms with E-state index in [1.165, 1.54) is 4.90 Å². The number of methoxy groups -OCH3 is 1. The van der Waals surface area contributed by atoms with E-state index in [0.717, 1.165) is 31.5 Å². The maximum Gasteiger partial charge on any atom is 0.282 e. The number of halogens is 1. The van der Waals surface area contributed by atoms with Crippen molar-refractivity contribution in [3.63, 3.8) is 0 Å². The summed E-state index contributed by atoms with van der Waals surface area (Å²) >= 11 is 6.23. The molecule has 2 heterocycles. The van der Waals surface area contributed by atoms with Crippen LogP contribution in [0.2, 0.25) is 5.02 Å². The largest absolute Gasteiger partial charge is 0.496 e. The molecule has 0 bridgehead atoms. The number of piperidine rings is 1. The first-order valence-electron chi connectivity index (χ1n) is 10.8. The number of para-hydroxylation sites is 1. The quantitative estimate of drug-likeness (QED) is 0.641. The third kappa shape index (κ3) is 3.89. The Hall–Kier alpha value is -2.83. The van der Waals surface area contributed by atoms with Gasteiger partial charge in [0.25, 0.3) is 11.8 Å². The highest BCUT2D eigenvalue weighted by Gasteiger charge is 2.44. The second-order valence-corrected chi connectivity index (χ2v) is 8.88. The maximum atomic E-state index is 13.8. The number of carbonyl (C=O) groups excluding carboxylic acids is 2. The fraction of sp³-hybridized carbons (Fsp3) is 0.360. The summed E-state index contributed by atoms with van der Waals surface area (Å²) in [6.45, 7) is 3.77. The van der Waals surface area contributed by atoms with Crippen molar-refractivity contribution >= 4 is 34.7 Å². The lowest BCUT2D eigenvalue weighted by atomic mass is 9.99. The average molecular weight is 454 g/mol. The van der Waals surface area contributed by atoms with Crippen molar-refractivity contribution in [3.05, 3.63) is 64.3 Å². The molecule has 0 unspecified atom stereocenters. The minimum atomic E-state index is -0.361. The lowest BCUT2D eigenvalue weighted by Gasteiger charge is -2.36. The van der Waals surface area contributed by atoms with Crippen LogP contribution in [0.25, 0.3) is 5.57 Å². The second kappa shape index (κ2) is 8.96. The van der Waals surface area contributed by atoms with Crippen molar-refractivity contribution in [2.45, 2.75) is 25.8 Å². The Bertz CT molecular complexity index is 1090. The van der Waals surface area contributed by atoms with Crippen molar-refractivity contribution < 1.29 is 14.3 Å². The summed E-state index contributed by atoms with van der Waals surface area (Å²) in [6, 6.07) is 12.8. The average Bonchev–Trinajstić information content (AvgIpc) is 3.05. The van der Waals surface area contributed by atoms with Crippen molar-refractivity contribution in [1.82, 2.24) is 9.80 Å². The molecule has 168 valence electrons. The van der Waals surface area contributed by atoms with Gasteiger partial charge in [-0.25, -0.2) is 4.90 Å². The molecule has 0 spiro atoms. The Balaban J connectivity index is 1.85. The van der Waals surface area contributed by atoms with Gasteiger partial charge in [-0.3, -0.25) is 9.59 Å². The SMILES string of the molecule is COc1ccccc1C1=C(N(C)C2CCN(C)CC2)C(=O)N(c2cc(Cl)ccc2C)C1=O. The lowest BCUT2D eigenvalue weighted by Crippen LogP contribution is -2.43. The molecule has 32 heavy (non-hydrogen) atoms. The second-order valence-electron chi connectivity index (χ2n) is 8.45. The van der Waals surface area contributed by atoms with Crippen LogP contribution in [0.15, 0.2) is 48.2 Å². The van der Waals surface area contributed by atoms with Crippen LogP contribution in [-0.4, -0.2) is 62.0 Å². The van der Waals surface area contributed by atoms with Gasteiger partial charge in [-0.05, 0) is 63.7 Å². The molecule has 0 aliphatic carbocycles. The number of amides is 2. The Labute approximate surface area is 194 Å². The molecule has 7 heteroatoms. The number of hydrogen-bond donors (Lipinski definition) is 0. The predicted molar refractivity (Wildman–Crippen MR) is 127 cm³/mol. The summed E-state index contributed by atoms with van der Waals surface area (Å²) in [5.41, 5.74) is 2.71. The minimum Gasteiger partial charge on any atom is -0.496 e. The van der Waals surface area contributed by atoms with Crippen molar-refractivity contribution in [1.29, 1.82) is 0 Å². The van der Waals surface area contributed by atoms with Gasteiger partial charge in [-0.2, -0.15) is 0 Å². The smallest absolute Gasteiger partial charge is 0.282 e. The number of imide groups is 1. The zero-order valence-corrected chi connectivity index (χ0v) is 19.6. The first-order valence-corrected chi connectivity index (χ1v) is 11.1. The third-order valence-electron chi connectivity index (χ3n) is 6.44. The summed E-state index contributed by atoms with van der Waals surface area (Å²) < 4.78 is 5.55. The van der Waals surface area contributed by atoms with Crippen LogP contribution in [-0.2, 0) is 9.59 Å². The molecular formula is C25H28ClN3O3. The van der Waals surface area contributed by atoms with Crippen LogP contribution in [0.5, 0.6) is 5.75 Å². The summed E-state index contributed by atoms with van der Waals surface area (Å²) in [4.78, 5) is 33.2. The van der Waals surface area contributed by atoms with Gasteiger partial charge in [-0.1, -0.05) is 35.9 Å². The van der Waals surface area contributed by atoms with Crippen molar-refractivity contribution in [3.8, 4) is 5.75 Å². The van der Waals surface area contributed by atoms with E-state index in [0.29, 0.717) is 33.3 Å². The van der Waals surface area contributed by atoms with E-state index in [-0.39, 0.29) is 17.9 Å². The van der Waals surface area contributed by atoms with Crippen molar-refractivity contribution in [2.24, 2.45) is 0 Å². The van der Waals surface area contributed by atoms with E-state index in [1.54, 1.807) is 25.3 Å². The molecular weight excluding hydrogens is 426 g/mol. The fourth-order valence-electron chi connectivity index (χ4n) is 4.55. The van der Waals surface area contributed by atoms with Gasteiger partial charge in [0.05, 0.1) is 18.4 Å². The molecule has 0 N–H and O–H groups in total. The van der Waals surface area contributed by atoms with Crippen molar-refractivity contribution in [2.75, 3.05) is 39.2 Å². The molecule has 2 amide bonds. The first-order chi connectivity index (χ1) is 15.3.